The van der Waals surface area contributed by atoms with Crippen molar-refractivity contribution >= 4 is 5.69 Å². The van der Waals surface area contributed by atoms with E-state index in [2.05, 4.69) is 62.8 Å². The summed E-state index contributed by atoms with van der Waals surface area (Å²) in [4.78, 5) is 6.97. The highest BCUT2D eigenvalue weighted by atomic mass is 15.1. The van der Waals surface area contributed by atoms with Crippen molar-refractivity contribution in [3.05, 3.63) is 23.5 Å². The van der Waals surface area contributed by atoms with E-state index in [9.17, 15) is 0 Å². The Labute approximate surface area is 124 Å². The molecule has 0 saturated carbocycles. The van der Waals surface area contributed by atoms with Gasteiger partial charge < -0.3 is 10.2 Å². The van der Waals surface area contributed by atoms with Gasteiger partial charge in [-0.3, -0.25) is 4.98 Å². The van der Waals surface area contributed by atoms with Gasteiger partial charge in [0.15, 0.2) is 0 Å². The van der Waals surface area contributed by atoms with E-state index >= 15 is 0 Å². The second kappa shape index (κ2) is 7.63. The fourth-order valence-electron chi connectivity index (χ4n) is 2.26. The van der Waals surface area contributed by atoms with Gasteiger partial charge in [0.25, 0.3) is 0 Å². The summed E-state index contributed by atoms with van der Waals surface area (Å²) in [5.74, 6) is 0. The maximum atomic E-state index is 4.48. The Kier molecular flexibility index (Phi) is 6.47. The SMILES string of the molecule is CCCN(CCC)c1cc(C)ncc1CNC(C)(C)C. The van der Waals surface area contributed by atoms with Crippen molar-refractivity contribution in [1.82, 2.24) is 10.3 Å². The molecule has 0 bridgehead atoms. The van der Waals surface area contributed by atoms with Crippen molar-refractivity contribution in [3.8, 4) is 0 Å². The molecule has 0 unspecified atom stereocenters. The van der Waals surface area contributed by atoms with Crippen LogP contribution in [-0.4, -0.2) is 23.6 Å². The molecule has 3 nitrogen and oxygen atoms in total. The number of hydrogen-bond donors (Lipinski definition) is 1. The standard InChI is InChI=1S/C17H31N3/c1-7-9-20(10-8-2)16-11-14(3)18-12-15(16)13-19-17(4,5)6/h11-12,19H,7-10,13H2,1-6H3. The van der Waals surface area contributed by atoms with E-state index in [1.54, 1.807) is 0 Å². The lowest BCUT2D eigenvalue weighted by atomic mass is 10.1. The molecular weight excluding hydrogens is 246 g/mol. The zero-order valence-electron chi connectivity index (χ0n) is 14.1. The first kappa shape index (κ1) is 17.0. The van der Waals surface area contributed by atoms with Crippen LogP contribution in [0.4, 0.5) is 5.69 Å². The first-order valence-electron chi connectivity index (χ1n) is 7.83. The highest BCUT2D eigenvalue weighted by Crippen LogP contribution is 2.22. The van der Waals surface area contributed by atoms with Gasteiger partial charge in [0.05, 0.1) is 0 Å². The predicted molar refractivity (Wildman–Crippen MR) is 88.4 cm³/mol. The van der Waals surface area contributed by atoms with Gasteiger partial charge in [-0.05, 0) is 46.6 Å². The molecule has 1 N–H and O–H groups in total. The Balaban J connectivity index is 2.98. The van der Waals surface area contributed by atoms with Crippen molar-refractivity contribution in [2.75, 3.05) is 18.0 Å². The summed E-state index contributed by atoms with van der Waals surface area (Å²) < 4.78 is 0. The molecule has 1 aromatic rings. The van der Waals surface area contributed by atoms with Crippen LogP contribution in [0.1, 0.15) is 58.7 Å². The molecule has 114 valence electrons. The number of hydrogen-bond acceptors (Lipinski definition) is 3. The van der Waals surface area contributed by atoms with Gasteiger partial charge in [0, 0.05) is 48.3 Å². The molecule has 1 heterocycles. The van der Waals surface area contributed by atoms with Gasteiger partial charge in [-0.1, -0.05) is 13.8 Å². The van der Waals surface area contributed by atoms with E-state index in [4.69, 9.17) is 0 Å². The fraction of sp³-hybridized carbons (Fsp3) is 0.706. The number of pyridine rings is 1. The molecule has 0 saturated heterocycles. The van der Waals surface area contributed by atoms with Crippen molar-refractivity contribution in [3.63, 3.8) is 0 Å². The summed E-state index contributed by atoms with van der Waals surface area (Å²) in [6, 6.07) is 2.23. The van der Waals surface area contributed by atoms with Crippen LogP contribution in [-0.2, 0) is 6.54 Å². The summed E-state index contributed by atoms with van der Waals surface area (Å²) in [6.07, 6.45) is 4.38. The lowest BCUT2D eigenvalue weighted by molar-refractivity contribution is 0.424. The quantitative estimate of drug-likeness (QED) is 0.819. The number of aryl methyl sites for hydroxylation is 1. The Morgan fingerprint density at radius 2 is 1.75 bits per heavy atom. The Hall–Kier alpha value is -1.09. The van der Waals surface area contributed by atoms with E-state index in [-0.39, 0.29) is 5.54 Å². The minimum Gasteiger partial charge on any atom is -0.371 e. The maximum Gasteiger partial charge on any atom is 0.0445 e. The summed E-state index contributed by atoms with van der Waals surface area (Å²) in [5.41, 5.74) is 3.87. The van der Waals surface area contributed by atoms with Crippen LogP contribution in [0.15, 0.2) is 12.3 Å². The van der Waals surface area contributed by atoms with Crippen molar-refractivity contribution < 1.29 is 0 Å². The Bertz CT molecular complexity index is 401. The topological polar surface area (TPSA) is 28.2 Å². The molecule has 0 aliphatic carbocycles. The number of anilines is 1. The van der Waals surface area contributed by atoms with Crippen LogP contribution in [0.2, 0.25) is 0 Å². The Morgan fingerprint density at radius 1 is 1.15 bits per heavy atom. The minimum atomic E-state index is 0.127. The monoisotopic (exact) mass is 277 g/mol. The molecule has 1 rings (SSSR count). The highest BCUT2D eigenvalue weighted by molar-refractivity contribution is 5.53. The molecule has 20 heavy (non-hydrogen) atoms. The average Bonchev–Trinajstić information content (AvgIpc) is 2.36. The molecule has 0 fully saturated rings. The van der Waals surface area contributed by atoms with Gasteiger partial charge in [-0.2, -0.15) is 0 Å². The van der Waals surface area contributed by atoms with Crippen LogP contribution < -0.4 is 10.2 Å². The molecule has 0 aliphatic heterocycles. The normalized spacial score (nSPS) is 11.7. The molecule has 0 aromatic carbocycles. The number of nitrogens with zero attached hydrogens (tertiary/aromatic N) is 2. The van der Waals surface area contributed by atoms with Crippen LogP contribution in [0, 0.1) is 6.92 Å². The van der Waals surface area contributed by atoms with E-state index in [1.807, 2.05) is 6.20 Å². The first-order chi connectivity index (χ1) is 9.37. The minimum absolute atomic E-state index is 0.127. The van der Waals surface area contributed by atoms with Gasteiger partial charge in [-0.25, -0.2) is 0 Å². The van der Waals surface area contributed by atoms with E-state index in [0.29, 0.717) is 0 Å². The van der Waals surface area contributed by atoms with E-state index in [1.165, 1.54) is 24.1 Å². The van der Waals surface area contributed by atoms with Gasteiger partial charge in [0.1, 0.15) is 0 Å². The largest absolute Gasteiger partial charge is 0.371 e. The maximum absolute atomic E-state index is 4.48. The zero-order valence-corrected chi connectivity index (χ0v) is 14.1. The smallest absolute Gasteiger partial charge is 0.0445 e. The number of nitrogens with one attached hydrogen (secondary N) is 1. The number of aromatic nitrogens is 1. The molecule has 3 heteroatoms. The first-order valence-corrected chi connectivity index (χ1v) is 7.83. The van der Waals surface area contributed by atoms with Gasteiger partial charge >= 0.3 is 0 Å². The van der Waals surface area contributed by atoms with Crippen molar-refractivity contribution in [2.45, 2.75) is 66.5 Å². The highest BCUT2D eigenvalue weighted by Gasteiger charge is 2.14. The van der Waals surface area contributed by atoms with Gasteiger partial charge in [0.2, 0.25) is 0 Å². The van der Waals surface area contributed by atoms with Crippen LogP contribution >= 0.6 is 0 Å². The second-order valence-electron chi connectivity index (χ2n) is 6.54. The second-order valence-corrected chi connectivity index (χ2v) is 6.54. The van der Waals surface area contributed by atoms with Crippen LogP contribution in [0.5, 0.6) is 0 Å². The third-order valence-electron chi connectivity index (χ3n) is 3.24. The third-order valence-corrected chi connectivity index (χ3v) is 3.24. The van der Waals surface area contributed by atoms with Gasteiger partial charge in [-0.15, -0.1) is 0 Å². The molecule has 0 atom stereocenters. The van der Waals surface area contributed by atoms with Crippen LogP contribution in [0.3, 0.4) is 0 Å². The molecule has 0 aliphatic rings. The Morgan fingerprint density at radius 3 is 2.25 bits per heavy atom. The molecule has 1 aromatic heterocycles. The fourth-order valence-corrected chi connectivity index (χ4v) is 2.26. The molecule has 0 spiro atoms. The molecular formula is C17H31N3. The zero-order chi connectivity index (χ0) is 15.2. The lowest BCUT2D eigenvalue weighted by Crippen LogP contribution is -2.36. The summed E-state index contributed by atoms with van der Waals surface area (Å²) in [6.45, 7) is 16.2. The molecule has 0 amide bonds. The third kappa shape index (κ3) is 5.49. The van der Waals surface area contributed by atoms with Crippen LogP contribution in [0.25, 0.3) is 0 Å². The predicted octanol–water partition coefficient (Wildman–Crippen LogP) is 3.90. The number of rotatable bonds is 7. The molecule has 0 radical (unpaired) electrons. The van der Waals surface area contributed by atoms with Crippen molar-refractivity contribution in [2.24, 2.45) is 0 Å². The van der Waals surface area contributed by atoms with E-state index in [0.717, 1.165) is 25.3 Å². The average molecular weight is 277 g/mol. The lowest BCUT2D eigenvalue weighted by Gasteiger charge is -2.28. The van der Waals surface area contributed by atoms with E-state index < -0.39 is 0 Å². The summed E-state index contributed by atoms with van der Waals surface area (Å²) in [7, 11) is 0. The summed E-state index contributed by atoms with van der Waals surface area (Å²) in [5, 5.41) is 3.57. The van der Waals surface area contributed by atoms with Crippen molar-refractivity contribution in [1.29, 1.82) is 0 Å². The summed E-state index contributed by atoms with van der Waals surface area (Å²) >= 11 is 0.